The van der Waals surface area contributed by atoms with Crippen LogP contribution in [0.2, 0.25) is 0 Å². The SMILES string of the molecule is CCNC(=NCCc1ccc(OC)cc1O)NC1CCN(CC2CCCC2)C1. The van der Waals surface area contributed by atoms with Crippen LogP contribution in [0, 0.1) is 5.92 Å². The smallest absolute Gasteiger partial charge is 0.191 e. The van der Waals surface area contributed by atoms with E-state index in [0.717, 1.165) is 30.5 Å². The van der Waals surface area contributed by atoms with Crippen molar-refractivity contribution in [2.24, 2.45) is 10.9 Å². The van der Waals surface area contributed by atoms with E-state index in [2.05, 4.69) is 22.5 Å². The van der Waals surface area contributed by atoms with E-state index in [1.807, 2.05) is 12.1 Å². The van der Waals surface area contributed by atoms with Crippen LogP contribution in [0.3, 0.4) is 0 Å². The first-order chi connectivity index (χ1) is 13.7. The number of methoxy groups -OCH3 is 1. The summed E-state index contributed by atoms with van der Waals surface area (Å²) in [7, 11) is 1.60. The quantitative estimate of drug-likeness (QED) is 0.472. The second-order valence-corrected chi connectivity index (χ2v) is 8.05. The Hall–Kier alpha value is -1.95. The molecule has 2 aliphatic rings. The van der Waals surface area contributed by atoms with Gasteiger partial charge in [-0.3, -0.25) is 4.99 Å². The third kappa shape index (κ3) is 6.03. The molecule has 1 heterocycles. The summed E-state index contributed by atoms with van der Waals surface area (Å²) in [5.74, 6) is 2.73. The molecule has 1 aromatic carbocycles. The third-order valence-electron chi connectivity index (χ3n) is 5.89. The maximum atomic E-state index is 10.1. The summed E-state index contributed by atoms with van der Waals surface area (Å²) in [6, 6.07) is 5.90. The molecular weight excluding hydrogens is 352 g/mol. The lowest BCUT2D eigenvalue weighted by Gasteiger charge is -2.21. The van der Waals surface area contributed by atoms with Gasteiger partial charge in [0.05, 0.1) is 7.11 Å². The molecule has 0 aromatic heterocycles. The molecule has 6 nitrogen and oxygen atoms in total. The van der Waals surface area contributed by atoms with Gasteiger partial charge < -0.3 is 25.4 Å². The maximum Gasteiger partial charge on any atom is 0.191 e. The van der Waals surface area contributed by atoms with Gasteiger partial charge in [-0.05, 0) is 50.2 Å². The minimum atomic E-state index is 0.269. The first kappa shape index (κ1) is 20.8. The van der Waals surface area contributed by atoms with Crippen LogP contribution in [0.15, 0.2) is 23.2 Å². The minimum absolute atomic E-state index is 0.269. The molecule has 0 amide bonds. The molecule has 0 radical (unpaired) electrons. The number of benzene rings is 1. The van der Waals surface area contributed by atoms with E-state index < -0.39 is 0 Å². The van der Waals surface area contributed by atoms with Crippen molar-refractivity contribution < 1.29 is 9.84 Å². The van der Waals surface area contributed by atoms with Gasteiger partial charge in [-0.2, -0.15) is 0 Å². The Balaban J connectivity index is 1.47. The zero-order chi connectivity index (χ0) is 19.8. The molecule has 2 fully saturated rings. The molecule has 1 aliphatic heterocycles. The number of ether oxygens (including phenoxy) is 1. The lowest BCUT2D eigenvalue weighted by atomic mass is 10.1. The van der Waals surface area contributed by atoms with E-state index in [-0.39, 0.29) is 5.75 Å². The number of likely N-dealkylation sites (tertiary alicyclic amines) is 1. The van der Waals surface area contributed by atoms with Crippen molar-refractivity contribution in [1.82, 2.24) is 15.5 Å². The Bertz CT molecular complexity index is 643. The average Bonchev–Trinajstić information content (AvgIpc) is 3.35. The van der Waals surface area contributed by atoms with Gasteiger partial charge in [0.25, 0.3) is 0 Å². The van der Waals surface area contributed by atoms with Crippen molar-refractivity contribution in [1.29, 1.82) is 0 Å². The zero-order valence-electron chi connectivity index (χ0n) is 17.4. The number of rotatable bonds is 8. The predicted octanol–water partition coefficient (Wildman–Crippen LogP) is 2.76. The number of hydrogen-bond donors (Lipinski definition) is 3. The summed E-state index contributed by atoms with van der Waals surface area (Å²) in [5.41, 5.74) is 0.893. The summed E-state index contributed by atoms with van der Waals surface area (Å²) in [4.78, 5) is 7.34. The summed E-state index contributed by atoms with van der Waals surface area (Å²) < 4.78 is 5.14. The second-order valence-electron chi connectivity index (χ2n) is 8.05. The Labute approximate surface area is 169 Å². The van der Waals surface area contributed by atoms with Gasteiger partial charge in [0.2, 0.25) is 0 Å². The fraction of sp³-hybridized carbons (Fsp3) is 0.682. The van der Waals surface area contributed by atoms with Crippen LogP contribution >= 0.6 is 0 Å². The van der Waals surface area contributed by atoms with Crippen LogP contribution in [0.1, 0.15) is 44.6 Å². The summed E-state index contributed by atoms with van der Waals surface area (Å²) in [6.07, 6.45) is 7.54. The van der Waals surface area contributed by atoms with Crippen molar-refractivity contribution in [3.05, 3.63) is 23.8 Å². The number of nitrogens with zero attached hydrogens (tertiary/aromatic N) is 2. The van der Waals surface area contributed by atoms with Gasteiger partial charge in [-0.15, -0.1) is 0 Å². The first-order valence-electron chi connectivity index (χ1n) is 10.8. The predicted molar refractivity (Wildman–Crippen MR) is 114 cm³/mol. The molecule has 0 spiro atoms. The van der Waals surface area contributed by atoms with Gasteiger partial charge in [0.1, 0.15) is 11.5 Å². The number of aliphatic imine (C=N–C) groups is 1. The number of aromatic hydroxyl groups is 1. The Morgan fingerprint density at radius 1 is 1.29 bits per heavy atom. The van der Waals surface area contributed by atoms with Crippen molar-refractivity contribution in [2.75, 3.05) is 39.8 Å². The third-order valence-corrected chi connectivity index (χ3v) is 5.89. The van der Waals surface area contributed by atoms with Gasteiger partial charge >= 0.3 is 0 Å². The highest BCUT2D eigenvalue weighted by atomic mass is 16.5. The summed E-state index contributed by atoms with van der Waals surface area (Å²) in [5, 5.41) is 17.1. The van der Waals surface area contributed by atoms with Gasteiger partial charge in [0, 0.05) is 44.8 Å². The molecule has 156 valence electrons. The number of phenolic OH excluding ortho intramolecular Hbond substituents is 1. The highest BCUT2D eigenvalue weighted by Gasteiger charge is 2.26. The molecule has 28 heavy (non-hydrogen) atoms. The fourth-order valence-electron chi connectivity index (χ4n) is 4.36. The molecule has 3 N–H and O–H groups in total. The van der Waals surface area contributed by atoms with E-state index in [0.29, 0.717) is 24.8 Å². The standard InChI is InChI=1S/C22H36N4O2/c1-3-23-22(24-12-10-18-8-9-20(28-2)14-21(18)27)25-19-11-13-26(16-19)15-17-6-4-5-7-17/h8-9,14,17,19,27H,3-7,10-13,15-16H2,1-2H3,(H2,23,24,25). The molecule has 1 aromatic rings. The highest BCUT2D eigenvalue weighted by molar-refractivity contribution is 5.80. The Morgan fingerprint density at radius 2 is 2.11 bits per heavy atom. The van der Waals surface area contributed by atoms with Gasteiger partial charge in [-0.1, -0.05) is 18.9 Å². The van der Waals surface area contributed by atoms with E-state index in [1.54, 1.807) is 13.2 Å². The Morgan fingerprint density at radius 3 is 2.82 bits per heavy atom. The van der Waals surface area contributed by atoms with Crippen LogP contribution in [-0.2, 0) is 6.42 Å². The molecule has 0 bridgehead atoms. The van der Waals surface area contributed by atoms with Gasteiger partial charge in [-0.25, -0.2) is 0 Å². The first-order valence-corrected chi connectivity index (χ1v) is 10.8. The average molecular weight is 389 g/mol. The monoisotopic (exact) mass is 388 g/mol. The minimum Gasteiger partial charge on any atom is -0.508 e. The van der Waals surface area contributed by atoms with E-state index in [9.17, 15) is 5.11 Å². The number of guanidine groups is 1. The van der Waals surface area contributed by atoms with E-state index in [4.69, 9.17) is 9.73 Å². The van der Waals surface area contributed by atoms with E-state index in [1.165, 1.54) is 45.2 Å². The zero-order valence-corrected chi connectivity index (χ0v) is 17.4. The molecule has 1 saturated heterocycles. The van der Waals surface area contributed by atoms with Crippen LogP contribution in [-0.4, -0.2) is 61.8 Å². The number of nitrogens with one attached hydrogen (secondary N) is 2. The van der Waals surface area contributed by atoms with Crippen LogP contribution in [0.5, 0.6) is 11.5 Å². The largest absolute Gasteiger partial charge is 0.508 e. The molecule has 1 atom stereocenters. The highest BCUT2D eigenvalue weighted by Crippen LogP contribution is 2.26. The maximum absolute atomic E-state index is 10.1. The fourth-order valence-corrected chi connectivity index (χ4v) is 4.36. The molecule has 3 rings (SSSR count). The van der Waals surface area contributed by atoms with Gasteiger partial charge in [0.15, 0.2) is 5.96 Å². The number of hydrogen-bond acceptors (Lipinski definition) is 4. The van der Waals surface area contributed by atoms with E-state index >= 15 is 0 Å². The summed E-state index contributed by atoms with van der Waals surface area (Å²) >= 11 is 0. The molecule has 6 heteroatoms. The number of phenols is 1. The van der Waals surface area contributed by atoms with Crippen LogP contribution in [0.25, 0.3) is 0 Å². The van der Waals surface area contributed by atoms with Crippen LogP contribution < -0.4 is 15.4 Å². The van der Waals surface area contributed by atoms with Crippen molar-refractivity contribution in [3.63, 3.8) is 0 Å². The normalized spacial score (nSPS) is 21.2. The topological polar surface area (TPSA) is 69.1 Å². The second kappa shape index (κ2) is 10.6. The Kier molecular flexibility index (Phi) is 7.83. The van der Waals surface area contributed by atoms with Crippen molar-refractivity contribution in [3.8, 4) is 11.5 Å². The molecule has 1 unspecified atom stereocenters. The molecule has 1 saturated carbocycles. The molecular formula is C22H36N4O2. The lowest BCUT2D eigenvalue weighted by molar-refractivity contribution is 0.275. The van der Waals surface area contributed by atoms with Crippen molar-refractivity contribution in [2.45, 2.75) is 51.5 Å². The van der Waals surface area contributed by atoms with Crippen molar-refractivity contribution >= 4 is 5.96 Å². The molecule has 1 aliphatic carbocycles. The summed E-state index contributed by atoms with van der Waals surface area (Å²) in [6.45, 7) is 7.13. The lowest BCUT2D eigenvalue weighted by Crippen LogP contribution is -2.45. The van der Waals surface area contributed by atoms with Crippen LogP contribution in [0.4, 0.5) is 0 Å².